The summed E-state index contributed by atoms with van der Waals surface area (Å²) < 4.78 is 6.64. The van der Waals surface area contributed by atoms with Gasteiger partial charge in [-0.1, -0.05) is 65.9 Å². The SMILES string of the molecule is CCOc1ccc2nc(N(CCN(C)C)C(=O)Cc3ccc(-c4ccccc4)cc3)sc2c1. The number of amides is 1. The predicted molar refractivity (Wildman–Crippen MR) is 137 cm³/mol. The minimum atomic E-state index is 0.0494. The fraction of sp³-hybridized carbons (Fsp3) is 0.259. The molecule has 33 heavy (non-hydrogen) atoms. The van der Waals surface area contributed by atoms with E-state index in [0.29, 0.717) is 19.6 Å². The van der Waals surface area contributed by atoms with Crippen LogP contribution in [0.1, 0.15) is 12.5 Å². The third-order valence-electron chi connectivity index (χ3n) is 5.38. The number of hydrogen-bond acceptors (Lipinski definition) is 5. The molecule has 1 amide bonds. The van der Waals surface area contributed by atoms with E-state index in [9.17, 15) is 4.79 Å². The maximum absolute atomic E-state index is 13.4. The highest BCUT2D eigenvalue weighted by atomic mass is 32.1. The number of nitrogens with zero attached hydrogens (tertiary/aromatic N) is 3. The summed E-state index contributed by atoms with van der Waals surface area (Å²) in [6.07, 6.45) is 0.336. The number of carbonyl (C=O) groups is 1. The van der Waals surface area contributed by atoms with E-state index in [0.717, 1.165) is 38.8 Å². The number of carbonyl (C=O) groups excluding carboxylic acids is 1. The van der Waals surface area contributed by atoms with E-state index >= 15 is 0 Å². The van der Waals surface area contributed by atoms with Crippen molar-refractivity contribution in [2.45, 2.75) is 13.3 Å². The first-order valence-corrected chi connectivity index (χ1v) is 12.0. The number of hydrogen-bond donors (Lipinski definition) is 0. The second-order valence-electron chi connectivity index (χ2n) is 8.15. The minimum absolute atomic E-state index is 0.0494. The number of fused-ring (bicyclic) bond motifs is 1. The third-order valence-corrected chi connectivity index (χ3v) is 6.42. The van der Waals surface area contributed by atoms with Crippen molar-refractivity contribution < 1.29 is 9.53 Å². The Morgan fingerprint density at radius 1 is 0.939 bits per heavy atom. The molecule has 0 N–H and O–H groups in total. The fourth-order valence-electron chi connectivity index (χ4n) is 3.61. The summed E-state index contributed by atoms with van der Waals surface area (Å²) in [6.45, 7) is 3.94. The van der Waals surface area contributed by atoms with Crippen LogP contribution in [0.4, 0.5) is 5.13 Å². The first-order valence-electron chi connectivity index (χ1n) is 11.2. The van der Waals surface area contributed by atoms with Crippen LogP contribution < -0.4 is 9.64 Å². The average Bonchev–Trinajstić information content (AvgIpc) is 3.23. The molecule has 1 aromatic heterocycles. The van der Waals surface area contributed by atoms with E-state index in [2.05, 4.69) is 29.2 Å². The summed E-state index contributed by atoms with van der Waals surface area (Å²) in [4.78, 5) is 22.0. The van der Waals surface area contributed by atoms with Gasteiger partial charge in [0.15, 0.2) is 5.13 Å². The van der Waals surface area contributed by atoms with Crippen molar-refractivity contribution in [1.29, 1.82) is 0 Å². The zero-order chi connectivity index (χ0) is 23.2. The number of ether oxygens (including phenoxy) is 1. The number of thiazole rings is 1. The highest BCUT2D eigenvalue weighted by Gasteiger charge is 2.20. The van der Waals surface area contributed by atoms with Crippen LogP contribution in [0.2, 0.25) is 0 Å². The molecule has 0 fully saturated rings. The summed E-state index contributed by atoms with van der Waals surface area (Å²) in [7, 11) is 4.02. The van der Waals surface area contributed by atoms with E-state index in [-0.39, 0.29) is 5.91 Å². The molecule has 170 valence electrons. The van der Waals surface area contributed by atoms with Crippen LogP contribution in [-0.2, 0) is 11.2 Å². The first kappa shape index (κ1) is 23.0. The standard InChI is InChI=1S/C27H29N3O2S/c1-4-32-23-14-15-24-25(19-23)33-27(28-24)30(17-16-29(2)3)26(31)18-20-10-12-22(13-11-20)21-8-6-5-7-9-21/h5-15,19H,4,16-18H2,1-3H3. The van der Waals surface area contributed by atoms with Gasteiger partial charge in [-0.25, -0.2) is 4.98 Å². The zero-order valence-electron chi connectivity index (χ0n) is 19.3. The van der Waals surface area contributed by atoms with Gasteiger partial charge in [0, 0.05) is 13.1 Å². The van der Waals surface area contributed by atoms with Gasteiger partial charge in [-0.05, 0) is 55.9 Å². The molecule has 0 unspecified atom stereocenters. The summed E-state index contributed by atoms with van der Waals surface area (Å²) >= 11 is 1.53. The molecule has 0 bridgehead atoms. The molecular formula is C27H29N3O2S. The minimum Gasteiger partial charge on any atom is -0.494 e. The molecule has 3 aromatic carbocycles. The van der Waals surface area contributed by atoms with Crippen molar-refractivity contribution in [2.75, 3.05) is 38.7 Å². The Kier molecular flexibility index (Phi) is 7.37. The predicted octanol–water partition coefficient (Wildman–Crippen LogP) is 5.50. The number of rotatable bonds is 9. The number of benzene rings is 3. The molecule has 0 radical (unpaired) electrons. The van der Waals surface area contributed by atoms with E-state index in [1.165, 1.54) is 16.9 Å². The third kappa shape index (κ3) is 5.78. The Hall–Kier alpha value is -3.22. The van der Waals surface area contributed by atoms with E-state index in [1.807, 2.05) is 74.4 Å². The monoisotopic (exact) mass is 459 g/mol. The molecule has 4 aromatic rings. The lowest BCUT2D eigenvalue weighted by atomic mass is 10.0. The lowest BCUT2D eigenvalue weighted by Gasteiger charge is -2.22. The maximum atomic E-state index is 13.4. The van der Waals surface area contributed by atoms with Crippen molar-refractivity contribution in [3.63, 3.8) is 0 Å². The van der Waals surface area contributed by atoms with Gasteiger partial charge in [0.2, 0.25) is 5.91 Å². The highest BCUT2D eigenvalue weighted by Crippen LogP contribution is 2.32. The normalized spacial score (nSPS) is 11.2. The van der Waals surface area contributed by atoms with Crippen molar-refractivity contribution in [3.8, 4) is 16.9 Å². The fourth-order valence-corrected chi connectivity index (χ4v) is 4.64. The summed E-state index contributed by atoms with van der Waals surface area (Å²) in [6, 6.07) is 24.4. The molecule has 0 aliphatic carbocycles. The van der Waals surface area contributed by atoms with Crippen LogP contribution in [0.3, 0.4) is 0 Å². The molecule has 4 rings (SSSR count). The van der Waals surface area contributed by atoms with Gasteiger partial charge in [0.25, 0.3) is 0 Å². The largest absolute Gasteiger partial charge is 0.494 e. The van der Waals surface area contributed by atoms with E-state index in [4.69, 9.17) is 9.72 Å². The lowest BCUT2D eigenvalue weighted by molar-refractivity contribution is -0.118. The zero-order valence-corrected chi connectivity index (χ0v) is 20.1. The van der Waals surface area contributed by atoms with Crippen LogP contribution in [-0.4, -0.2) is 49.6 Å². The lowest BCUT2D eigenvalue weighted by Crippen LogP contribution is -2.37. The van der Waals surface area contributed by atoms with Gasteiger partial charge in [0.1, 0.15) is 5.75 Å². The van der Waals surface area contributed by atoms with Crippen molar-refractivity contribution in [1.82, 2.24) is 9.88 Å². The molecule has 1 heterocycles. The van der Waals surface area contributed by atoms with Gasteiger partial charge in [-0.15, -0.1) is 0 Å². The maximum Gasteiger partial charge on any atom is 0.233 e. The molecule has 0 atom stereocenters. The number of likely N-dealkylation sites (N-methyl/N-ethyl adjacent to an activating group) is 1. The Morgan fingerprint density at radius 2 is 1.67 bits per heavy atom. The molecule has 0 spiro atoms. The summed E-state index contributed by atoms with van der Waals surface area (Å²) in [5, 5.41) is 0.728. The van der Waals surface area contributed by atoms with Gasteiger partial charge in [0.05, 0.1) is 23.2 Å². The van der Waals surface area contributed by atoms with Gasteiger partial charge in [-0.3, -0.25) is 9.69 Å². The van der Waals surface area contributed by atoms with Crippen LogP contribution in [0.15, 0.2) is 72.8 Å². The molecular weight excluding hydrogens is 430 g/mol. The average molecular weight is 460 g/mol. The molecule has 0 saturated carbocycles. The van der Waals surface area contributed by atoms with Gasteiger partial charge in [-0.2, -0.15) is 0 Å². The van der Waals surface area contributed by atoms with E-state index < -0.39 is 0 Å². The topological polar surface area (TPSA) is 45.7 Å². The molecule has 0 saturated heterocycles. The Balaban J connectivity index is 1.55. The number of aromatic nitrogens is 1. The van der Waals surface area contributed by atoms with Gasteiger partial charge >= 0.3 is 0 Å². The van der Waals surface area contributed by atoms with Crippen LogP contribution in [0.25, 0.3) is 21.3 Å². The van der Waals surface area contributed by atoms with Gasteiger partial charge < -0.3 is 9.64 Å². The van der Waals surface area contributed by atoms with Crippen molar-refractivity contribution in [2.24, 2.45) is 0 Å². The van der Waals surface area contributed by atoms with Crippen LogP contribution in [0.5, 0.6) is 5.75 Å². The first-order chi connectivity index (χ1) is 16.0. The van der Waals surface area contributed by atoms with Crippen LogP contribution >= 0.6 is 11.3 Å². The Labute approximate surface area is 199 Å². The second-order valence-corrected chi connectivity index (χ2v) is 9.16. The summed E-state index contributed by atoms with van der Waals surface area (Å²) in [5.74, 6) is 0.873. The molecule has 6 heteroatoms. The number of anilines is 1. The molecule has 0 aliphatic rings. The highest BCUT2D eigenvalue weighted by molar-refractivity contribution is 7.22. The smallest absolute Gasteiger partial charge is 0.233 e. The van der Waals surface area contributed by atoms with Crippen LogP contribution in [0, 0.1) is 0 Å². The molecule has 5 nitrogen and oxygen atoms in total. The molecule has 0 aliphatic heterocycles. The Morgan fingerprint density at radius 3 is 2.36 bits per heavy atom. The van der Waals surface area contributed by atoms with Crippen molar-refractivity contribution in [3.05, 3.63) is 78.4 Å². The second kappa shape index (κ2) is 10.6. The quantitative estimate of drug-likeness (QED) is 0.332. The van der Waals surface area contributed by atoms with Crippen molar-refractivity contribution >= 4 is 32.6 Å². The summed E-state index contributed by atoms with van der Waals surface area (Å²) in [5.41, 5.74) is 4.19. The Bertz CT molecular complexity index is 1200. The van der Waals surface area contributed by atoms with E-state index in [1.54, 1.807) is 0 Å².